The molecule has 0 aliphatic heterocycles. The topological polar surface area (TPSA) is 82.6 Å². The molecule has 1 aromatic rings. The fourth-order valence-corrected chi connectivity index (χ4v) is 2.49. The van der Waals surface area contributed by atoms with Crippen molar-refractivity contribution in [2.75, 3.05) is 5.32 Å². The Balaban J connectivity index is 1.76. The van der Waals surface area contributed by atoms with E-state index in [4.69, 9.17) is 0 Å². The van der Waals surface area contributed by atoms with E-state index >= 15 is 0 Å². The van der Waals surface area contributed by atoms with E-state index in [1.54, 1.807) is 18.3 Å². The van der Waals surface area contributed by atoms with Gasteiger partial charge in [-0.2, -0.15) is 5.10 Å². The SMILES string of the molecule is CC(=O)Nc1ccc(/C=N/NC(=O)NC2CCCCC2)cc1. The Kier molecular flexibility index (Phi) is 5.94. The predicted molar refractivity (Wildman–Crippen MR) is 86.9 cm³/mol. The van der Waals surface area contributed by atoms with Gasteiger partial charge in [0.2, 0.25) is 5.91 Å². The van der Waals surface area contributed by atoms with Crippen LogP contribution in [-0.2, 0) is 4.79 Å². The van der Waals surface area contributed by atoms with Crippen molar-refractivity contribution in [1.82, 2.24) is 10.7 Å². The number of hydrazone groups is 1. The van der Waals surface area contributed by atoms with E-state index in [1.165, 1.54) is 26.2 Å². The molecule has 0 heterocycles. The van der Waals surface area contributed by atoms with Crippen LogP contribution in [0, 0.1) is 0 Å². The molecule has 0 radical (unpaired) electrons. The number of amides is 3. The Labute approximate surface area is 130 Å². The van der Waals surface area contributed by atoms with Crippen molar-refractivity contribution in [2.45, 2.75) is 45.1 Å². The highest BCUT2D eigenvalue weighted by atomic mass is 16.2. The quantitative estimate of drug-likeness (QED) is 0.590. The summed E-state index contributed by atoms with van der Waals surface area (Å²) in [7, 11) is 0. The van der Waals surface area contributed by atoms with Crippen LogP contribution in [0.25, 0.3) is 0 Å². The van der Waals surface area contributed by atoms with Gasteiger partial charge in [0.05, 0.1) is 6.21 Å². The first kappa shape index (κ1) is 16.0. The molecular weight excluding hydrogens is 280 g/mol. The molecule has 0 atom stereocenters. The van der Waals surface area contributed by atoms with Gasteiger partial charge < -0.3 is 10.6 Å². The third kappa shape index (κ3) is 5.55. The molecule has 3 N–H and O–H groups in total. The summed E-state index contributed by atoms with van der Waals surface area (Å²) < 4.78 is 0. The van der Waals surface area contributed by atoms with Gasteiger partial charge in [-0.1, -0.05) is 31.4 Å². The van der Waals surface area contributed by atoms with Gasteiger partial charge in [0.15, 0.2) is 0 Å². The van der Waals surface area contributed by atoms with E-state index < -0.39 is 0 Å². The van der Waals surface area contributed by atoms with Crippen LogP contribution in [0.3, 0.4) is 0 Å². The maximum absolute atomic E-state index is 11.7. The summed E-state index contributed by atoms with van der Waals surface area (Å²) >= 11 is 0. The Bertz CT molecular complexity index is 534. The Morgan fingerprint density at radius 2 is 1.82 bits per heavy atom. The molecule has 0 saturated heterocycles. The standard InChI is InChI=1S/C16H22N4O2/c1-12(21)18-15-9-7-13(8-10-15)11-17-20-16(22)19-14-5-3-2-4-6-14/h7-11,14H,2-6H2,1H3,(H,18,21)(H2,19,20,22)/b17-11+. The van der Waals surface area contributed by atoms with Crippen molar-refractivity contribution in [1.29, 1.82) is 0 Å². The van der Waals surface area contributed by atoms with Crippen molar-refractivity contribution >= 4 is 23.8 Å². The van der Waals surface area contributed by atoms with Crippen molar-refractivity contribution in [3.63, 3.8) is 0 Å². The van der Waals surface area contributed by atoms with Gasteiger partial charge in [-0.3, -0.25) is 4.79 Å². The van der Waals surface area contributed by atoms with Crippen LogP contribution in [0.2, 0.25) is 0 Å². The van der Waals surface area contributed by atoms with Crippen LogP contribution in [0.4, 0.5) is 10.5 Å². The molecule has 6 heteroatoms. The third-order valence-corrected chi connectivity index (χ3v) is 3.55. The zero-order chi connectivity index (χ0) is 15.8. The average Bonchev–Trinajstić information content (AvgIpc) is 2.49. The number of carbonyl (C=O) groups excluding carboxylic acids is 2. The Hall–Kier alpha value is -2.37. The summed E-state index contributed by atoms with van der Waals surface area (Å²) in [6.07, 6.45) is 7.26. The summed E-state index contributed by atoms with van der Waals surface area (Å²) in [6.45, 7) is 1.46. The molecule has 6 nitrogen and oxygen atoms in total. The molecular formula is C16H22N4O2. The molecule has 118 valence electrons. The van der Waals surface area contributed by atoms with E-state index in [2.05, 4.69) is 21.2 Å². The number of nitrogens with one attached hydrogen (secondary N) is 3. The van der Waals surface area contributed by atoms with Crippen molar-refractivity contribution in [2.24, 2.45) is 5.10 Å². The van der Waals surface area contributed by atoms with Crippen LogP contribution in [0.5, 0.6) is 0 Å². The summed E-state index contributed by atoms with van der Waals surface area (Å²) in [5, 5.41) is 9.54. The molecule has 1 fully saturated rings. The maximum Gasteiger partial charge on any atom is 0.335 e. The van der Waals surface area contributed by atoms with Gasteiger partial charge in [0.25, 0.3) is 0 Å². The molecule has 1 saturated carbocycles. The van der Waals surface area contributed by atoms with E-state index in [9.17, 15) is 9.59 Å². The summed E-state index contributed by atoms with van der Waals surface area (Å²) in [5.74, 6) is -0.109. The highest BCUT2D eigenvalue weighted by Gasteiger charge is 2.14. The monoisotopic (exact) mass is 302 g/mol. The first-order valence-corrected chi connectivity index (χ1v) is 7.61. The fraction of sp³-hybridized carbons (Fsp3) is 0.438. The fourth-order valence-electron chi connectivity index (χ4n) is 2.49. The lowest BCUT2D eigenvalue weighted by Gasteiger charge is -2.22. The maximum atomic E-state index is 11.7. The van der Waals surface area contributed by atoms with Crippen LogP contribution in [0.1, 0.15) is 44.6 Å². The molecule has 3 amide bonds. The van der Waals surface area contributed by atoms with E-state index in [0.29, 0.717) is 0 Å². The molecule has 0 spiro atoms. The summed E-state index contributed by atoms with van der Waals surface area (Å²) in [4.78, 5) is 22.6. The van der Waals surface area contributed by atoms with Crippen molar-refractivity contribution in [3.8, 4) is 0 Å². The molecule has 0 aromatic heterocycles. The predicted octanol–water partition coefficient (Wildman–Crippen LogP) is 2.61. The van der Waals surface area contributed by atoms with E-state index in [-0.39, 0.29) is 18.0 Å². The second-order valence-electron chi connectivity index (χ2n) is 5.48. The van der Waals surface area contributed by atoms with Crippen LogP contribution in [0.15, 0.2) is 29.4 Å². The van der Waals surface area contributed by atoms with Crippen molar-refractivity contribution < 1.29 is 9.59 Å². The molecule has 22 heavy (non-hydrogen) atoms. The highest BCUT2D eigenvalue weighted by Crippen LogP contribution is 2.17. The van der Waals surface area contributed by atoms with Crippen LogP contribution < -0.4 is 16.1 Å². The smallest absolute Gasteiger partial charge is 0.334 e. The second-order valence-corrected chi connectivity index (χ2v) is 5.48. The molecule has 1 aliphatic rings. The molecule has 0 bridgehead atoms. The number of hydrogen-bond acceptors (Lipinski definition) is 3. The number of rotatable bonds is 4. The lowest BCUT2D eigenvalue weighted by molar-refractivity contribution is -0.114. The van der Waals surface area contributed by atoms with Gasteiger partial charge in [0.1, 0.15) is 0 Å². The van der Waals surface area contributed by atoms with Crippen LogP contribution >= 0.6 is 0 Å². The van der Waals surface area contributed by atoms with E-state index in [0.717, 1.165) is 24.1 Å². The van der Waals surface area contributed by atoms with Crippen LogP contribution in [-0.4, -0.2) is 24.2 Å². The lowest BCUT2D eigenvalue weighted by atomic mass is 9.96. The molecule has 2 rings (SSSR count). The zero-order valence-electron chi connectivity index (χ0n) is 12.8. The van der Waals surface area contributed by atoms with Crippen molar-refractivity contribution in [3.05, 3.63) is 29.8 Å². The number of nitrogens with zero attached hydrogens (tertiary/aromatic N) is 1. The number of urea groups is 1. The van der Waals surface area contributed by atoms with Gasteiger partial charge >= 0.3 is 6.03 Å². The zero-order valence-corrected chi connectivity index (χ0v) is 12.8. The number of carbonyl (C=O) groups is 2. The first-order valence-electron chi connectivity index (χ1n) is 7.61. The Morgan fingerprint density at radius 3 is 2.45 bits per heavy atom. The largest absolute Gasteiger partial charge is 0.335 e. The molecule has 1 aromatic carbocycles. The Morgan fingerprint density at radius 1 is 1.14 bits per heavy atom. The summed E-state index contributed by atoms with van der Waals surface area (Å²) in [6, 6.07) is 7.19. The van der Waals surface area contributed by atoms with Gasteiger partial charge in [-0.25, -0.2) is 10.2 Å². The van der Waals surface area contributed by atoms with Gasteiger partial charge in [-0.15, -0.1) is 0 Å². The number of benzene rings is 1. The van der Waals surface area contributed by atoms with Gasteiger partial charge in [0, 0.05) is 18.7 Å². The minimum absolute atomic E-state index is 0.109. The third-order valence-electron chi connectivity index (χ3n) is 3.55. The first-order chi connectivity index (χ1) is 10.6. The molecule has 0 unspecified atom stereocenters. The minimum atomic E-state index is -0.266. The number of hydrogen-bond donors (Lipinski definition) is 3. The highest BCUT2D eigenvalue weighted by molar-refractivity contribution is 5.89. The second kappa shape index (κ2) is 8.17. The number of anilines is 1. The van der Waals surface area contributed by atoms with Gasteiger partial charge in [-0.05, 0) is 30.5 Å². The van der Waals surface area contributed by atoms with E-state index in [1.807, 2.05) is 12.1 Å². The molecule has 1 aliphatic carbocycles. The lowest BCUT2D eigenvalue weighted by Crippen LogP contribution is -2.41. The minimum Gasteiger partial charge on any atom is -0.334 e. The average molecular weight is 302 g/mol. The normalized spacial score (nSPS) is 15.5. The summed E-state index contributed by atoms with van der Waals surface area (Å²) in [5.41, 5.74) is 4.04.